The molecule has 0 saturated heterocycles. The molecule has 136 valence electrons. The average molecular weight is 333 g/mol. The topological polar surface area (TPSA) is 40.5 Å². The second kappa shape index (κ2) is 5.00. The molecule has 2 nitrogen and oxygen atoms in total. The minimum Gasteiger partial charge on any atom is -0.393 e. The molecule has 5 fully saturated rings. The summed E-state index contributed by atoms with van der Waals surface area (Å²) < 4.78 is 0. The molecule has 0 radical (unpaired) electrons. The third kappa shape index (κ3) is 2.08. The van der Waals surface area contributed by atoms with Crippen molar-refractivity contribution in [1.29, 1.82) is 0 Å². The van der Waals surface area contributed by atoms with Gasteiger partial charge in [-0.25, -0.2) is 0 Å². The number of fused-ring (bicyclic) bond motifs is 7. The van der Waals surface area contributed by atoms with Crippen LogP contribution in [0.3, 0.4) is 0 Å². The summed E-state index contributed by atoms with van der Waals surface area (Å²) in [5, 5.41) is 21.0. The van der Waals surface area contributed by atoms with Gasteiger partial charge in [-0.1, -0.05) is 6.92 Å². The van der Waals surface area contributed by atoms with E-state index in [4.69, 9.17) is 0 Å². The number of hydrogen-bond donors (Lipinski definition) is 2. The molecule has 11 atom stereocenters. The molecule has 0 heterocycles. The van der Waals surface area contributed by atoms with Gasteiger partial charge in [-0.3, -0.25) is 0 Å². The summed E-state index contributed by atoms with van der Waals surface area (Å²) in [5.41, 5.74) is 0.0134. The van der Waals surface area contributed by atoms with E-state index < -0.39 is 5.60 Å². The highest BCUT2D eigenvalue weighted by Gasteiger charge is 2.70. The second-order valence-electron chi connectivity index (χ2n) is 11.0. The van der Waals surface area contributed by atoms with Crippen molar-refractivity contribution in [3.05, 3.63) is 0 Å². The van der Waals surface area contributed by atoms with Gasteiger partial charge in [0, 0.05) is 0 Å². The molecule has 2 N–H and O–H groups in total. The van der Waals surface area contributed by atoms with E-state index in [1.54, 1.807) is 0 Å². The summed E-state index contributed by atoms with van der Waals surface area (Å²) in [7, 11) is 0. The lowest BCUT2D eigenvalue weighted by Crippen LogP contribution is -2.52. The number of aliphatic hydroxyl groups excluding tert-OH is 1. The monoisotopic (exact) mass is 332 g/mol. The van der Waals surface area contributed by atoms with E-state index in [-0.39, 0.29) is 6.10 Å². The van der Waals surface area contributed by atoms with Crippen LogP contribution in [0, 0.1) is 52.8 Å². The van der Waals surface area contributed by atoms with Crippen LogP contribution in [-0.4, -0.2) is 21.9 Å². The molecule has 0 amide bonds. The molecule has 0 aromatic heterocycles. The number of aliphatic hydroxyl groups is 2. The van der Waals surface area contributed by atoms with Crippen LogP contribution in [0.2, 0.25) is 0 Å². The largest absolute Gasteiger partial charge is 0.393 e. The Morgan fingerprint density at radius 3 is 2.38 bits per heavy atom. The molecule has 5 aliphatic carbocycles. The second-order valence-corrected chi connectivity index (χ2v) is 11.0. The standard InChI is InChI=1S/C22H36O2/c1-12(23)19-17-10-18(17)20-16-5-4-13-11-21(2,24)8-6-14(13)15(16)7-9-22(19,20)3/h12-20,23-24H,4-11H2,1-3H3/t12?,13-,14+,15-,16-,17+,18-,19?,20-,21-,22-/m1/s1. The van der Waals surface area contributed by atoms with Crippen LogP contribution in [0.15, 0.2) is 0 Å². The van der Waals surface area contributed by atoms with Crippen molar-refractivity contribution in [1.82, 2.24) is 0 Å². The Kier molecular flexibility index (Phi) is 3.36. The third-order valence-corrected chi connectivity index (χ3v) is 9.63. The molecule has 0 aromatic rings. The van der Waals surface area contributed by atoms with Crippen LogP contribution in [0.4, 0.5) is 0 Å². The van der Waals surface area contributed by atoms with Crippen LogP contribution in [0.5, 0.6) is 0 Å². The van der Waals surface area contributed by atoms with E-state index in [0.29, 0.717) is 11.3 Å². The predicted molar refractivity (Wildman–Crippen MR) is 95.3 cm³/mol. The minimum atomic E-state index is -0.399. The van der Waals surface area contributed by atoms with Crippen molar-refractivity contribution in [3.63, 3.8) is 0 Å². The molecule has 0 spiro atoms. The Bertz CT molecular complexity index is 526. The average Bonchev–Trinajstić information content (AvgIpc) is 3.19. The van der Waals surface area contributed by atoms with E-state index in [9.17, 15) is 10.2 Å². The van der Waals surface area contributed by atoms with Crippen LogP contribution < -0.4 is 0 Å². The lowest BCUT2D eigenvalue weighted by atomic mass is 9.47. The van der Waals surface area contributed by atoms with E-state index >= 15 is 0 Å². The molecule has 24 heavy (non-hydrogen) atoms. The highest BCUT2D eigenvalue weighted by Crippen LogP contribution is 2.75. The SMILES string of the molecule is CC(O)C1[C@H]2C[C@H]2[C@H]2[C@@H]3CC[C@@H]4C[C@](C)(O)CC[C@@H]4[C@H]3CC[C@]12C. The first kappa shape index (κ1) is 16.1. The molecule has 5 aliphatic rings. The fraction of sp³-hybridized carbons (Fsp3) is 1.00. The first-order valence-electron chi connectivity index (χ1n) is 10.7. The maximum atomic E-state index is 10.5. The molecule has 5 saturated carbocycles. The summed E-state index contributed by atoms with van der Waals surface area (Å²) in [6, 6.07) is 0. The van der Waals surface area contributed by atoms with Crippen molar-refractivity contribution in [3.8, 4) is 0 Å². The van der Waals surface area contributed by atoms with Crippen molar-refractivity contribution < 1.29 is 10.2 Å². The highest BCUT2D eigenvalue weighted by atomic mass is 16.3. The maximum Gasteiger partial charge on any atom is 0.0622 e. The molecular formula is C22H36O2. The maximum absolute atomic E-state index is 10.5. The molecule has 0 bridgehead atoms. The zero-order valence-corrected chi connectivity index (χ0v) is 15.7. The Labute approximate surface area is 147 Å². The molecule has 0 aromatic carbocycles. The summed E-state index contributed by atoms with van der Waals surface area (Å²) >= 11 is 0. The van der Waals surface area contributed by atoms with E-state index in [0.717, 1.165) is 54.3 Å². The summed E-state index contributed by atoms with van der Waals surface area (Å²) in [5.74, 6) is 6.75. The molecule has 2 unspecified atom stereocenters. The van der Waals surface area contributed by atoms with Crippen LogP contribution in [-0.2, 0) is 0 Å². The molecule has 5 rings (SSSR count). The zero-order chi connectivity index (χ0) is 16.9. The fourth-order valence-corrected chi connectivity index (χ4v) is 9.01. The van der Waals surface area contributed by atoms with Crippen molar-refractivity contribution in [2.24, 2.45) is 52.8 Å². The molecular weight excluding hydrogens is 296 g/mol. The lowest BCUT2D eigenvalue weighted by Gasteiger charge is -2.58. The van der Waals surface area contributed by atoms with Crippen molar-refractivity contribution >= 4 is 0 Å². The van der Waals surface area contributed by atoms with Gasteiger partial charge in [-0.2, -0.15) is 0 Å². The van der Waals surface area contributed by atoms with Gasteiger partial charge in [-0.05, 0) is 118 Å². The van der Waals surface area contributed by atoms with Gasteiger partial charge in [-0.15, -0.1) is 0 Å². The smallest absolute Gasteiger partial charge is 0.0622 e. The normalized spacial score (nSPS) is 62.9. The van der Waals surface area contributed by atoms with E-state index in [1.807, 2.05) is 0 Å². The molecule has 0 aliphatic heterocycles. The molecule has 2 heteroatoms. The van der Waals surface area contributed by atoms with Crippen LogP contribution in [0.1, 0.15) is 72.1 Å². The van der Waals surface area contributed by atoms with E-state index in [1.165, 1.54) is 38.5 Å². The zero-order valence-electron chi connectivity index (χ0n) is 15.7. The van der Waals surface area contributed by atoms with Gasteiger partial charge in [0.15, 0.2) is 0 Å². The highest BCUT2D eigenvalue weighted by molar-refractivity contribution is 5.18. The van der Waals surface area contributed by atoms with Gasteiger partial charge in [0.1, 0.15) is 0 Å². The Balaban J connectivity index is 1.42. The summed E-state index contributed by atoms with van der Waals surface area (Å²) in [6.45, 7) is 6.65. The van der Waals surface area contributed by atoms with Gasteiger partial charge in [0.05, 0.1) is 11.7 Å². The first-order chi connectivity index (χ1) is 11.3. The summed E-state index contributed by atoms with van der Waals surface area (Å²) in [4.78, 5) is 0. The fourth-order valence-electron chi connectivity index (χ4n) is 9.01. The van der Waals surface area contributed by atoms with Gasteiger partial charge in [0.25, 0.3) is 0 Å². The Hall–Kier alpha value is -0.0800. The van der Waals surface area contributed by atoms with Crippen LogP contribution >= 0.6 is 0 Å². The van der Waals surface area contributed by atoms with Crippen molar-refractivity contribution in [2.45, 2.75) is 83.8 Å². The quantitative estimate of drug-likeness (QED) is 0.754. The van der Waals surface area contributed by atoms with Crippen LogP contribution in [0.25, 0.3) is 0 Å². The van der Waals surface area contributed by atoms with Crippen molar-refractivity contribution in [2.75, 3.05) is 0 Å². The van der Waals surface area contributed by atoms with Gasteiger partial charge in [0.2, 0.25) is 0 Å². The van der Waals surface area contributed by atoms with E-state index in [2.05, 4.69) is 20.8 Å². The number of hydrogen-bond acceptors (Lipinski definition) is 2. The predicted octanol–water partition coefficient (Wildman–Crippen LogP) is 4.24. The Morgan fingerprint density at radius 1 is 0.875 bits per heavy atom. The lowest BCUT2D eigenvalue weighted by molar-refractivity contribution is -0.116. The first-order valence-corrected chi connectivity index (χ1v) is 10.7. The third-order valence-electron chi connectivity index (χ3n) is 9.63. The summed E-state index contributed by atoms with van der Waals surface area (Å²) in [6.07, 6.45) is 10.1. The Morgan fingerprint density at radius 2 is 1.62 bits per heavy atom. The minimum absolute atomic E-state index is 0.118. The van der Waals surface area contributed by atoms with Gasteiger partial charge >= 0.3 is 0 Å². The number of rotatable bonds is 1. The van der Waals surface area contributed by atoms with Gasteiger partial charge < -0.3 is 10.2 Å².